The van der Waals surface area contributed by atoms with Crippen LogP contribution in [0, 0.1) is 0 Å². The zero-order valence-corrected chi connectivity index (χ0v) is 16.3. The van der Waals surface area contributed by atoms with Crippen molar-refractivity contribution < 1.29 is 14.3 Å². The topological polar surface area (TPSA) is 70.7 Å². The van der Waals surface area contributed by atoms with Crippen LogP contribution in [0.5, 0.6) is 5.75 Å². The summed E-state index contributed by atoms with van der Waals surface area (Å²) < 4.78 is 5.70. The summed E-state index contributed by atoms with van der Waals surface area (Å²) in [6, 6.07) is 14.4. The molecule has 6 nitrogen and oxygen atoms in total. The zero-order valence-electron chi connectivity index (χ0n) is 16.3. The van der Waals surface area contributed by atoms with Crippen molar-refractivity contribution in [2.45, 2.75) is 19.3 Å². The molecule has 0 aromatic heterocycles. The summed E-state index contributed by atoms with van der Waals surface area (Å²) >= 11 is 0. The normalized spacial score (nSPS) is 17.5. The van der Waals surface area contributed by atoms with Crippen LogP contribution in [0.4, 0.5) is 5.69 Å². The molecule has 0 unspecified atom stereocenters. The SMILES string of the molecule is O=C1Nc2ccccc2OC1=Cc1ccc(C(=O)NCCCN2CCCC2)cc1. The molecule has 150 valence electrons. The first kappa shape index (κ1) is 19.2. The number of para-hydroxylation sites is 2. The molecule has 2 aromatic carbocycles. The molecule has 2 heterocycles. The van der Waals surface area contributed by atoms with Gasteiger partial charge in [0.25, 0.3) is 11.8 Å². The summed E-state index contributed by atoms with van der Waals surface area (Å²) in [5.74, 6) is 0.473. The number of carbonyl (C=O) groups excluding carboxylic acids is 2. The van der Waals surface area contributed by atoms with Crippen LogP contribution in [-0.2, 0) is 4.79 Å². The zero-order chi connectivity index (χ0) is 20.1. The average molecular weight is 391 g/mol. The van der Waals surface area contributed by atoms with Crippen LogP contribution < -0.4 is 15.4 Å². The van der Waals surface area contributed by atoms with Crippen molar-refractivity contribution in [2.75, 3.05) is 31.5 Å². The molecule has 29 heavy (non-hydrogen) atoms. The fourth-order valence-electron chi connectivity index (χ4n) is 3.60. The van der Waals surface area contributed by atoms with Gasteiger partial charge in [-0.1, -0.05) is 24.3 Å². The number of anilines is 1. The first-order valence-electron chi connectivity index (χ1n) is 10.1. The monoisotopic (exact) mass is 391 g/mol. The minimum Gasteiger partial charge on any atom is -0.449 e. The maximum absolute atomic E-state index is 12.3. The van der Waals surface area contributed by atoms with E-state index in [1.807, 2.05) is 24.3 Å². The van der Waals surface area contributed by atoms with Crippen molar-refractivity contribution in [3.05, 3.63) is 65.4 Å². The molecule has 2 aliphatic rings. The lowest BCUT2D eigenvalue weighted by Gasteiger charge is -2.19. The summed E-state index contributed by atoms with van der Waals surface area (Å²) in [4.78, 5) is 26.9. The van der Waals surface area contributed by atoms with E-state index in [0.29, 0.717) is 23.5 Å². The second-order valence-corrected chi connectivity index (χ2v) is 7.34. The Labute approximate surface area is 170 Å². The first-order valence-corrected chi connectivity index (χ1v) is 10.1. The van der Waals surface area contributed by atoms with Gasteiger partial charge in [0, 0.05) is 12.1 Å². The van der Waals surface area contributed by atoms with Gasteiger partial charge in [-0.25, -0.2) is 0 Å². The van der Waals surface area contributed by atoms with Crippen molar-refractivity contribution in [3.8, 4) is 5.75 Å². The van der Waals surface area contributed by atoms with E-state index in [-0.39, 0.29) is 17.6 Å². The highest BCUT2D eigenvalue weighted by Crippen LogP contribution is 2.30. The number of hydrogen-bond donors (Lipinski definition) is 2. The first-order chi connectivity index (χ1) is 14.2. The van der Waals surface area contributed by atoms with E-state index >= 15 is 0 Å². The van der Waals surface area contributed by atoms with E-state index in [4.69, 9.17) is 4.74 Å². The highest BCUT2D eigenvalue weighted by atomic mass is 16.5. The lowest BCUT2D eigenvalue weighted by molar-refractivity contribution is -0.115. The maximum atomic E-state index is 12.3. The summed E-state index contributed by atoms with van der Waals surface area (Å²) in [6.07, 6.45) is 5.20. The number of nitrogens with one attached hydrogen (secondary N) is 2. The van der Waals surface area contributed by atoms with E-state index in [9.17, 15) is 9.59 Å². The average Bonchev–Trinajstić information content (AvgIpc) is 3.26. The third-order valence-electron chi connectivity index (χ3n) is 5.18. The van der Waals surface area contributed by atoms with E-state index < -0.39 is 0 Å². The van der Waals surface area contributed by atoms with Crippen molar-refractivity contribution in [1.29, 1.82) is 0 Å². The van der Waals surface area contributed by atoms with Crippen molar-refractivity contribution in [3.63, 3.8) is 0 Å². The Morgan fingerprint density at radius 1 is 1.10 bits per heavy atom. The summed E-state index contributed by atoms with van der Waals surface area (Å²) in [6.45, 7) is 4.07. The summed E-state index contributed by atoms with van der Waals surface area (Å²) in [5.41, 5.74) is 2.05. The van der Waals surface area contributed by atoms with Gasteiger partial charge < -0.3 is 20.3 Å². The lowest BCUT2D eigenvalue weighted by atomic mass is 10.1. The highest BCUT2D eigenvalue weighted by molar-refractivity contribution is 6.08. The van der Waals surface area contributed by atoms with Gasteiger partial charge in [0.1, 0.15) is 0 Å². The molecular weight excluding hydrogens is 366 g/mol. The number of carbonyl (C=O) groups is 2. The van der Waals surface area contributed by atoms with E-state index in [1.165, 1.54) is 25.9 Å². The molecule has 1 fully saturated rings. The third-order valence-corrected chi connectivity index (χ3v) is 5.18. The molecule has 0 radical (unpaired) electrons. The second-order valence-electron chi connectivity index (χ2n) is 7.34. The van der Waals surface area contributed by atoms with Gasteiger partial charge in [-0.05, 0) is 74.8 Å². The van der Waals surface area contributed by atoms with E-state index in [0.717, 1.165) is 18.5 Å². The fraction of sp³-hybridized carbons (Fsp3) is 0.304. The van der Waals surface area contributed by atoms with Crippen molar-refractivity contribution in [1.82, 2.24) is 10.2 Å². The highest BCUT2D eigenvalue weighted by Gasteiger charge is 2.21. The molecule has 2 aliphatic heterocycles. The van der Waals surface area contributed by atoms with Crippen LogP contribution in [0.2, 0.25) is 0 Å². The van der Waals surface area contributed by atoms with Crippen LogP contribution in [0.3, 0.4) is 0 Å². The Balaban J connectivity index is 1.32. The standard InChI is InChI=1S/C23H25N3O3/c27-22(24-12-5-15-26-13-3-4-14-26)18-10-8-17(9-11-18)16-21-23(28)25-19-6-1-2-7-20(19)29-21/h1-2,6-11,16H,3-5,12-15H2,(H,24,27)(H,25,28). The Hall–Kier alpha value is -3.12. The Morgan fingerprint density at radius 3 is 2.66 bits per heavy atom. The predicted octanol–water partition coefficient (Wildman–Crippen LogP) is 3.27. The van der Waals surface area contributed by atoms with Gasteiger partial charge >= 0.3 is 0 Å². The molecule has 0 saturated carbocycles. The number of hydrogen-bond acceptors (Lipinski definition) is 4. The summed E-state index contributed by atoms with van der Waals surface area (Å²) in [7, 11) is 0. The lowest BCUT2D eigenvalue weighted by Crippen LogP contribution is -2.28. The Bertz CT molecular complexity index is 915. The molecule has 2 N–H and O–H groups in total. The number of rotatable bonds is 6. The van der Waals surface area contributed by atoms with Gasteiger partial charge in [-0.15, -0.1) is 0 Å². The van der Waals surface area contributed by atoms with Crippen LogP contribution >= 0.6 is 0 Å². The minimum atomic E-state index is -0.288. The second kappa shape index (κ2) is 8.92. The Morgan fingerprint density at radius 2 is 1.86 bits per heavy atom. The van der Waals surface area contributed by atoms with Gasteiger partial charge in [0.2, 0.25) is 0 Å². The van der Waals surface area contributed by atoms with Crippen LogP contribution in [-0.4, -0.2) is 42.9 Å². The molecule has 0 spiro atoms. The number of likely N-dealkylation sites (tertiary alicyclic amines) is 1. The third kappa shape index (κ3) is 4.84. The van der Waals surface area contributed by atoms with Gasteiger partial charge in [0.15, 0.2) is 11.5 Å². The number of amides is 2. The van der Waals surface area contributed by atoms with Crippen molar-refractivity contribution >= 4 is 23.6 Å². The van der Waals surface area contributed by atoms with Gasteiger partial charge in [-0.2, -0.15) is 0 Å². The summed E-state index contributed by atoms with van der Waals surface area (Å²) in [5, 5.41) is 5.78. The minimum absolute atomic E-state index is 0.0776. The number of benzene rings is 2. The fourth-order valence-corrected chi connectivity index (χ4v) is 3.60. The maximum Gasteiger partial charge on any atom is 0.291 e. The quantitative estimate of drug-likeness (QED) is 0.586. The molecule has 2 aromatic rings. The molecule has 0 aliphatic carbocycles. The predicted molar refractivity (Wildman–Crippen MR) is 113 cm³/mol. The molecule has 0 bridgehead atoms. The number of ether oxygens (including phenoxy) is 1. The van der Waals surface area contributed by atoms with Crippen LogP contribution in [0.25, 0.3) is 6.08 Å². The van der Waals surface area contributed by atoms with Gasteiger partial charge in [-0.3, -0.25) is 9.59 Å². The van der Waals surface area contributed by atoms with E-state index in [1.54, 1.807) is 30.3 Å². The molecule has 6 heteroatoms. The molecule has 2 amide bonds. The molecule has 0 atom stereocenters. The Kier molecular flexibility index (Phi) is 5.91. The van der Waals surface area contributed by atoms with Crippen molar-refractivity contribution in [2.24, 2.45) is 0 Å². The molecule has 1 saturated heterocycles. The van der Waals surface area contributed by atoms with E-state index in [2.05, 4.69) is 15.5 Å². The van der Waals surface area contributed by atoms with Gasteiger partial charge in [0.05, 0.1) is 5.69 Å². The van der Waals surface area contributed by atoms with Crippen LogP contribution in [0.15, 0.2) is 54.3 Å². The number of nitrogens with zero attached hydrogens (tertiary/aromatic N) is 1. The smallest absolute Gasteiger partial charge is 0.291 e. The van der Waals surface area contributed by atoms with Crippen LogP contribution in [0.1, 0.15) is 35.2 Å². The molecule has 4 rings (SSSR count). The largest absolute Gasteiger partial charge is 0.449 e. The number of fused-ring (bicyclic) bond motifs is 1. The molecular formula is C23H25N3O3.